The Labute approximate surface area is 293 Å². The van der Waals surface area contributed by atoms with Gasteiger partial charge in [-0.15, -0.1) is 5.10 Å². The molecule has 248 valence electrons. The lowest BCUT2D eigenvalue weighted by Crippen LogP contribution is -2.60. The number of nitrogens with one attached hydrogen (secondary N) is 1. The summed E-state index contributed by atoms with van der Waals surface area (Å²) in [6.45, 7) is -0.444. The summed E-state index contributed by atoms with van der Waals surface area (Å²) in [5.41, 5.74) is 0.867. The van der Waals surface area contributed by atoms with Crippen LogP contribution in [-0.4, -0.2) is 70.1 Å². The third kappa shape index (κ3) is 8.18. The molecule has 5 aromatic rings. The van der Waals surface area contributed by atoms with Crippen LogP contribution in [0.25, 0.3) is 0 Å². The Hall–Kier alpha value is -5.41. The van der Waals surface area contributed by atoms with E-state index in [1.807, 2.05) is 22.6 Å². The molecule has 0 radical (unpaired) electrons. The molecule has 1 aromatic heterocycles. The Morgan fingerprint density at radius 1 is 0.592 bits per heavy atom. The fraction of sp³-hybridized carbons (Fsp3) is 0.167. The first-order chi connectivity index (χ1) is 23.9. The molecule has 6 rings (SSSR count). The molecule has 12 nitrogen and oxygen atoms in total. The van der Waals surface area contributed by atoms with E-state index >= 15 is 0 Å². The van der Waals surface area contributed by atoms with Crippen LogP contribution >= 0.6 is 22.6 Å². The van der Waals surface area contributed by atoms with E-state index in [1.54, 1.807) is 121 Å². The van der Waals surface area contributed by atoms with Crippen LogP contribution in [0.3, 0.4) is 0 Å². The minimum absolute atomic E-state index is 0.128. The highest BCUT2D eigenvalue weighted by Gasteiger charge is 2.54. The standard InChI is InChI=1S/C36H28IN3O9/c37-36-38-31(39-40-36)30-29(49-35(44)25-19-11-4-12-20-25)28(48-34(43)24-17-9-3-10-18-24)27(47-33(42)23-15-7-2-8-16-23)26(46-30)21-45-32(41)22-13-5-1-6-14-22/h1-20,26-30H,21H2,(H,38,39,40)/t26?,27-,28?,29+,30-/m1/s1. The Bertz CT molecular complexity index is 1890. The number of esters is 4. The van der Waals surface area contributed by atoms with Crippen LogP contribution in [0.1, 0.15) is 53.4 Å². The first-order valence-electron chi connectivity index (χ1n) is 15.1. The van der Waals surface area contributed by atoms with E-state index in [-0.39, 0.29) is 28.1 Å². The predicted molar refractivity (Wildman–Crippen MR) is 180 cm³/mol. The average molecular weight is 774 g/mol. The molecule has 1 N–H and O–H groups in total. The summed E-state index contributed by atoms with van der Waals surface area (Å²) in [6, 6.07) is 32.8. The molecule has 1 saturated heterocycles. The van der Waals surface area contributed by atoms with Crippen LogP contribution in [0, 0.1) is 3.83 Å². The van der Waals surface area contributed by atoms with Gasteiger partial charge in [0.1, 0.15) is 12.7 Å². The molecule has 0 bridgehead atoms. The molecule has 1 aliphatic rings. The molecular weight excluding hydrogens is 745 g/mol. The van der Waals surface area contributed by atoms with Crippen molar-refractivity contribution in [3.8, 4) is 0 Å². The van der Waals surface area contributed by atoms with E-state index in [9.17, 15) is 19.2 Å². The van der Waals surface area contributed by atoms with Crippen LogP contribution < -0.4 is 0 Å². The number of rotatable bonds is 10. The van der Waals surface area contributed by atoms with E-state index in [0.29, 0.717) is 3.83 Å². The zero-order valence-corrected chi connectivity index (χ0v) is 27.7. The second-order valence-electron chi connectivity index (χ2n) is 10.8. The SMILES string of the molecule is O=C(OCC1O[C@@H](c2nc(I)n[nH]2)[C@@H](OC(=O)c2ccccc2)C(OC(=O)c2ccccc2)[C@@H]1OC(=O)c1ccccc1)c1ccccc1. The Morgan fingerprint density at radius 3 is 1.43 bits per heavy atom. The van der Waals surface area contributed by atoms with Crippen LogP contribution in [0.15, 0.2) is 121 Å². The van der Waals surface area contributed by atoms with E-state index < -0.39 is 61.0 Å². The number of hydrogen-bond donors (Lipinski definition) is 1. The number of benzene rings is 4. The zero-order chi connectivity index (χ0) is 34.2. The monoisotopic (exact) mass is 773 g/mol. The van der Waals surface area contributed by atoms with Gasteiger partial charge in [0.15, 0.2) is 30.2 Å². The number of carbonyl (C=O) groups excluding carboxylic acids is 4. The van der Waals surface area contributed by atoms with Crippen molar-refractivity contribution in [1.82, 2.24) is 15.2 Å². The van der Waals surface area contributed by atoms with E-state index in [1.165, 1.54) is 0 Å². The fourth-order valence-corrected chi connectivity index (χ4v) is 5.55. The van der Waals surface area contributed by atoms with Crippen molar-refractivity contribution in [2.75, 3.05) is 6.61 Å². The van der Waals surface area contributed by atoms with E-state index in [4.69, 9.17) is 23.7 Å². The summed E-state index contributed by atoms with van der Waals surface area (Å²) in [6.07, 6.45) is -6.86. The number of aromatic nitrogens is 3. The topological polar surface area (TPSA) is 156 Å². The fourth-order valence-electron chi connectivity index (χ4n) is 5.17. The van der Waals surface area contributed by atoms with Gasteiger partial charge in [0, 0.05) is 22.6 Å². The number of hydrogen-bond acceptors (Lipinski definition) is 11. The summed E-state index contributed by atoms with van der Waals surface area (Å²) in [7, 11) is 0. The van der Waals surface area contributed by atoms with Gasteiger partial charge in [-0.05, 0) is 48.5 Å². The molecule has 49 heavy (non-hydrogen) atoms. The number of halogens is 1. The predicted octanol–water partition coefficient (Wildman–Crippen LogP) is 5.38. The summed E-state index contributed by atoms with van der Waals surface area (Å²) in [5.74, 6) is -2.88. The Morgan fingerprint density at radius 2 is 1.00 bits per heavy atom. The molecule has 0 spiro atoms. The van der Waals surface area contributed by atoms with Crippen LogP contribution in [0.5, 0.6) is 0 Å². The third-order valence-electron chi connectivity index (χ3n) is 7.52. The number of aromatic amines is 1. The highest BCUT2D eigenvalue weighted by atomic mass is 127. The van der Waals surface area contributed by atoms with Crippen molar-refractivity contribution >= 4 is 46.5 Å². The second kappa shape index (κ2) is 15.7. The van der Waals surface area contributed by atoms with Crippen LogP contribution in [0.2, 0.25) is 0 Å². The Kier molecular flexibility index (Phi) is 10.7. The number of nitrogens with zero attached hydrogens (tertiary/aromatic N) is 2. The van der Waals surface area contributed by atoms with Gasteiger partial charge in [-0.3, -0.25) is 5.10 Å². The largest absolute Gasteiger partial charge is 0.459 e. The first-order valence-corrected chi connectivity index (χ1v) is 16.2. The Balaban J connectivity index is 1.42. The quantitative estimate of drug-likeness (QED) is 0.110. The van der Waals surface area contributed by atoms with Gasteiger partial charge in [0.25, 0.3) is 0 Å². The van der Waals surface area contributed by atoms with Crippen molar-refractivity contribution in [2.24, 2.45) is 0 Å². The van der Waals surface area contributed by atoms with Gasteiger partial charge in [-0.25, -0.2) is 24.2 Å². The van der Waals surface area contributed by atoms with Crippen LogP contribution in [0.4, 0.5) is 0 Å². The lowest BCUT2D eigenvalue weighted by Gasteiger charge is -2.44. The molecule has 4 aromatic carbocycles. The minimum atomic E-state index is -1.49. The maximum atomic E-state index is 13.7. The second-order valence-corrected chi connectivity index (χ2v) is 11.7. The van der Waals surface area contributed by atoms with Gasteiger partial charge in [-0.2, -0.15) is 0 Å². The summed E-state index contributed by atoms with van der Waals surface area (Å²) < 4.78 is 30.5. The van der Waals surface area contributed by atoms with Gasteiger partial charge in [-0.1, -0.05) is 72.8 Å². The highest BCUT2D eigenvalue weighted by molar-refractivity contribution is 14.1. The summed E-state index contributed by atoms with van der Waals surface area (Å²) in [4.78, 5) is 58.2. The summed E-state index contributed by atoms with van der Waals surface area (Å²) in [5, 5.41) is 6.87. The minimum Gasteiger partial charge on any atom is -0.459 e. The molecule has 0 amide bonds. The van der Waals surface area contributed by atoms with Gasteiger partial charge in [0.05, 0.1) is 22.3 Å². The third-order valence-corrected chi connectivity index (χ3v) is 8.01. The number of carbonyl (C=O) groups is 4. The van der Waals surface area contributed by atoms with Crippen molar-refractivity contribution in [3.05, 3.63) is 153 Å². The van der Waals surface area contributed by atoms with Crippen LogP contribution in [-0.2, 0) is 23.7 Å². The molecular formula is C36H28IN3O9. The van der Waals surface area contributed by atoms with Crippen molar-refractivity contribution in [1.29, 1.82) is 0 Å². The van der Waals surface area contributed by atoms with Crippen molar-refractivity contribution in [2.45, 2.75) is 30.5 Å². The lowest BCUT2D eigenvalue weighted by molar-refractivity contribution is -0.233. The zero-order valence-electron chi connectivity index (χ0n) is 25.6. The smallest absolute Gasteiger partial charge is 0.338 e. The maximum absolute atomic E-state index is 13.7. The molecule has 0 aliphatic carbocycles. The van der Waals surface area contributed by atoms with E-state index in [2.05, 4.69) is 15.2 Å². The van der Waals surface area contributed by atoms with Crippen molar-refractivity contribution in [3.63, 3.8) is 0 Å². The molecule has 1 aliphatic heterocycles. The lowest BCUT2D eigenvalue weighted by atomic mass is 9.93. The highest BCUT2D eigenvalue weighted by Crippen LogP contribution is 2.37. The summed E-state index contributed by atoms with van der Waals surface area (Å²) >= 11 is 1.89. The molecule has 1 fully saturated rings. The molecule has 2 unspecified atom stereocenters. The first kappa shape index (κ1) is 33.5. The molecule has 2 heterocycles. The van der Waals surface area contributed by atoms with Crippen molar-refractivity contribution < 1.29 is 42.9 Å². The molecule has 0 saturated carbocycles. The molecule has 5 atom stereocenters. The van der Waals surface area contributed by atoms with Gasteiger partial charge >= 0.3 is 23.9 Å². The number of ether oxygens (including phenoxy) is 5. The normalized spacial score (nSPS) is 20.1. The number of H-pyrrole nitrogens is 1. The van der Waals surface area contributed by atoms with E-state index in [0.717, 1.165) is 0 Å². The average Bonchev–Trinajstić information content (AvgIpc) is 3.59. The maximum Gasteiger partial charge on any atom is 0.338 e. The van der Waals surface area contributed by atoms with Gasteiger partial charge < -0.3 is 23.7 Å². The van der Waals surface area contributed by atoms with Gasteiger partial charge in [0.2, 0.25) is 3.83 Å². The molecule has 13 heteroatoms.